The van der Waals surface area contributed by atoms with Gasteiger partial charge in [-0.3, -0.25) is 0 Å². The van der Waals surface area contributed by atoms with Crippen LogP contribution in [0.3, 0.4) is 0 Å². The van der Waals surface area contributed by atoms with Crippen molar-refractivity contribution >= 4 is 26.7 Å². The number of halogens is 2. The standard InChI is InChI=1S/C20H17F2N5O2S/c1-29-18-9-14(21)6-7-16(18)19-17(22)10-24-20(27-19)26-15-5-3-4-13(8-15)11-30(2,28)25-12-23/h3-11H,1-2H3,(H,25,28)(H,24,26,27). The van der Waals surface area contributed by atoms with Crippen LogP contribution < -0.4 is 14.8 Å². The second-order valence-electron chi connectivity index (χ2n) is 6.22. The molecule has 3 aromatic rings. The number of anilines is 2. The maximum Gasteiger partial charge on any atom is 0.227 e. The zero-order valence-corrected chi connectivity index (χ0v) is 16.8. The maximum absolute atomic E-state index is 14.4. The van der Waals surface area contributed by atoms with E-state index in [9.17, 15) is 13.0 Å². The average molecular weight is 429 g/mol. The van der Waals surface area contributed by atoms with Gasteiger partial charge in [0, 0.05) is 28.9 Å². The van der Waals surface area contributed by atoms with Crippen LogP contribution in [0.1, 0.15) is 5.56 Å². The molecule has 2 aromatic carbocycles. The van der Waals surface area contributed by atoms with E-state index in [4.69, 9.17) is 10.00 Å². The molecular formula is C20H17F2N5O2S. The number of nitrogens with zero attached hydrogens (tertiary/aromatic N) is 3. The molecule has 0 bridgehead atoms. The van der Waals surface area contributed by atoms with E-state index in [0.29, 0.717) is 11.3 Å². The Balaban J connectivity index is 1.95. The Hall–Kier alpha value is -3.71. The lowest BCUT2D eigenvalue weighted by molar-refractivity contribution is 0.412. The number of aromatic nitrogens is 2. The summed E-state index contributed by atoms with van der Waals surface area (Å²) in [7, 11) is -1.32. The first kappa shape index (κ1) is 21.0. The molecule has 7 nitrogen and oxygen atoms in total. The molecule has 1 heterocycles. The largest absolute Gasteiger partial charge is 0.496 e. The minimum absolute atomic E-state index is 0.0538. The Morgan fingerprint density at radius 1 is 1.23 bits per heavy atom. The van der Waals surface area contributed by atoms with Crippen LogP contribution >= 0.6 is 0 Å². The van der Waals surface area contributed by atoms with Gasteiger partial charge in [-0.25, -0.2) is 27.7 Å². The van der Waals surface area contributed by atoms with Gasteiger partial charge >= 0.3 is 0 Å². The summed E-state index contributed by atoms with van der Waals surface area (Å²) in [4.78, 5) is 8.12. The number of ether oxygens (including phenoxy) is 1. The summed E-state index contributed by atoms with van der Waals surface area (Å²) in [5.41, 5.74) is 1.37. The van der Waals surface area contributed by atoms with Gasteiger partial charge < -0.3 is 10.1 Å². The molecule has 0 aliphatic heterocycles. The molecular weight excluding hydrogens is 412 g/mol. The van der Waals surface area contributed by atoms with E-state index in [2.05, 4.69) is 20.0 Å². The maximum atomic E-state index is 14.4. The third kappa shape index (κ3) is 5.01. The first-order valence-electron chi connectivity index (χ1n) is 8.54. The highest BCUT2D eigenvalue weighted by Gasteiger charge is 2.15. The third-order valence-electron chi connectivity index (χ3n) is 3.91. The SMILES string of the molecule is COc1cc(F)ccc1-c1nc(Nc2cccc(C=S(C)(=O)NC#N)c2)ncc1F. The van der Waals surface area contributed by atoms with Crippen LogP contribution in [-0.4, -0.2) is 32.9 Å². The van der Waals surface area contributed by atoms with Crippen molar-refractivity contribution in [2.45, 2.75) is 0 Å². The van der Waals surface area contributed by atoms with E-state index in [1.54, 1.807) is 30.5 Å². The Morgan fingerprint density at radius 3 is 2.77 bits per heavy atom. The van der Waals surface area contributed by atoms with Crippen molar-refractivity contribution in [1.29, 1.82) is 5.26 Å². The summed E-state index contributed by atoms with van der Waals surface area (Å²) < 4.78 is 47.4. The summed E-state index contributed by atoms with van der Waals surface area (Å²) in [6.45, 7) is 0. The van der Waals surface area contributed by atoms with Crippen LogP contribution in [-0.2, 0) is 9.71 Å². The topological polar surface area (TPSA) is 99.9 Å². The lowest BCUT2D eigenvalue weighted by Gasteiger charge is -2.11. The van der Waals surface area contributed by atoms with E-state index in [1.807, 2.05) is 0 Å². The second kappa shape index (κ2) is 8.75. The van der Waals surface area contributed by atoms with Crippen LogP contribution in [0.25, 0.3) is 11.3 Å². The van der Waals surface area contributed by atoms with Crippen molar-refractivity contribution in [2.75, 3.05) is 18.7 Å². The van der Waals surface area contributed by atoms with Gasteiger partial charge in [0.25, 0.3) is 0 Å². The summed E-state index contributed by atoms with van der Waals surface area (Å²) >= 11 is 0. The van der Waals surface area contributed by atoms with Gasteiger partial charge in [0.15, 0.2) is 12.0 Å². The predicted octanol–water partition coefficient (Wildman–Crippen LogP) is 3.22. The van der Waals surface area contributed by atoms with E-state index in [-0.39, 0.29) is 23.0 Å². The Morgan fingerprint density at radius 2 is 2.03 bits per heavy atom. The quantitative estimate of drug-likeness (QED) is 0.355. The van der Waals surface area contributed by atoms with Crippen molar-refractivity contribution in [1.82, 2.24) is 14.7 Å². The first-order valence-corrected chi connectivity index (χ1v) is 10.6. The number of benzene rings is 2. The highest BCUT2D eigenvalue weighted by atomic mass is 32.2. The van der Waals surface area contributed by atoms with Crippen molar-refractivity contribution < 1.29 is 17.7 Å². The Bertz CT molecular complexity index is 1250. The van der Waals surface area contributed by atoms with Crippen molar-refractivity contribution in [3.63, 3.8) is 0 Å². The van der Waals surface area contributed by atoms with E-state index >= 15 is 0 Å². The van der Waals surface area contributed by atoms with Gasteiger partial charge in [-0.05, 0) is 29.8 Å². The molecule has 1 aromatic heterocycles. The fourth-order valence-corrected chi connectivity index (χ4v) is 3.58. The van der Waals surface area contributed by atoms with E-state index in [0.717, 1.165) is 12.3 Å². The van der Waals surface area contributed by atoms with Crippen molar-refractivity contribution in [3.05, 3.63) is 65.9 Å². The molecule has 0 aliphatic carbocycles. The van der Waals surface area contributed by atoms with Gasteiger partial charge in [0.2, 0.25) is 5.95 Å². The molecule has 0 spiro atoms. The van der Waals surface area contributed by atoms with Crippen LogP contribution in [0.2, 0.25) is 0 Å². The minimum atomic E-state index is -2.67. The molecule has 30 heavy (non-hydrogen) atoms. The number of rotatable bonds is 6. The van der Waals surface area contributed by atoms with E-state index < -0.39 is 21.3 Å². The van der Waals surface area contributed by atoms with Crippen molar-refractivity contribution in [3.8, 4) is 23.2 Å². The molecule has 1 unspecified atom stereocenters. The molecule has 0 fully saturated rings. The predicted molar refractivity (Wildman–Crippen MR) is 112 cm³/mol. The van der Waals surface area contributed by atoms with Gasteiger partial charge in [0.05, 0.1) is 23.0 Å². The molecule has 2 N–H and O–H groups in total. The van der Waals surface area contributed by atoms with E-state index in [1.165, 1.54) is 30.9 Å². The van der Waals surface area contributed by atoms with Crippen LogP contribution in [0.15, 0.2) is 48.7 Å². The fourth-order valence-electron chi connectivity index (χ4n) is 2.68. The smallest absolute Gasteiger partial charge is 0.227 e. The summed E-state index contributed by atoms with van der Waals surface area (Å²) in [6, 6.07) is 10.5. The van der Waals surface area contributed by atoms with Crippen LogP contribution in [0, 0.1) is 23.1 Å². The molecule has 1 atom stereocenters. The van der Waals surface area contributed by atoms with Crippen LogP contribution in [0.4, 0.5) is 20.4 Å². The molecule has 154 valence electrons. The van der Waals surface area contributed by atoms with Gasteiger partial charge in [-0.1, -0.05) is 12.1 Å². The molecule has 0 saturated heterocycles. The Labute approximate surface area is 172 Å². The highest BCUT2D eigenvalue weighted by molar-refractivity contribution is 7.99. The highest BCUT2D eigenvalue weighted by Crippen LogP contribution is 2.31. The fraction of sp³-hybridized carbons (Fsp3) is 0.100. The molecule has 0 aliphatic rings. The lowest BCUT2D eigenvalue weighted by Crippen LogP contribution is -2.18. The Kier molecular flexibility index (Phi) is 6.13. The minimum Gasteiger partial charge on any atom is -0.496 e. The number of nitriles is 1. The molecule has 10 heteroatoms. The molecule has 0 amide bonds. The van der Waals surface area contributed by atoms with Gasteiger partial charge in [0.1, 0.15) is 17.3 Å². The second-order valence-corrected chi connectivity index (χ2v) is 8.47. The monoisotopic (exact) mass is 429 g/mol. The van der Waals surface area contributed by atoms with Crippen molar-refractivity contribution in [2.24, 2.45) is 0 Å². The number of methoxy groups -OCH3 is 1. The number of hydrogen-bond acceptors (Lipinski definition) is 6. The average Bonchev–Trinajstić information content (AvgIpc) is 2.69. The molecule has 0 radical (unpaired) electrons. The normalized spacial score (nSPS) is 12.4. The third-order valence-corrected chi connectivity index (χ3v) is 5.13. The molecule has 3 rings (SSSR count). The van der Waals surface area contributed by atoms with Gasteiger partial charge in [-0.15, -0.1) is 0 Å². The zero-order valence-electron chi connectivity index (χ0n) is 16.0. The number of nitrogens with one attached hydrogen (secondary N) is 2. The van der Waals surface area contributed by atoms with Gasteiger partial charge in [-0.2, -0.15) is 5.26 Å². The summed E-state index contributed by atoms with van der Waals surface area (Å²) in [6.07, 6.45) is 4.06. The molecule has 0 saturated carbocycles. The zero-order chi connectivity index (χ0) is 21.7. The summed E-state index contributed by atoms with van der Waals surface area (Å²) in [5.74, 6) is -0.976. The summed E-state index contributed by atoms with van der Waals surface area (Å²) in [5, 5.41) is 13.1. The first-order chi connectivity index (χ1) is 14.3. The lowest BCUT2D eigenvalue weighted by atomic mass is 10.1. The number of hydrogen-bond donors (Lipinski definition) is 2. The van der Waals surface area contributed by atoms with Crippen LogP contribution in [0.5, 0.6) is 5.75 Å².